The number of carbonyl (C=O) groups excluding carboxylic acids is 2. The molecule has 1 rings (SSSR count). The summed E-state index contributed by atoms with van der Waals surface area (Å²) < 4.78 is 0. The van der Waals surface area contributed by atoms with Crippen LogP contribution in [0.3, 0.4) is 0 Å². The van der Waals surface area contributed by atoms with Crippen molar-refractivity contribution in [1.82, 2.24) is 5.32 Å². The smallest absolute Gasteiger partial charge is 0.224 e. The van der Waals surface area contributed by atoms with Gasteiger partial charge in [0.15, 0.2) is 0 Å². The van der Waals surface area contributed by atoms with Crippen LogP contribution in [0.15, 0.2) is 12.2 Å². The minimum absolute atomic E-state index is 0.0439. The Balaban J connectivity index is 2.10. The van der Waals surface area contributed by atoms with Crippen LogP contribution in [0.1, 0.15) is 45.4 Å². The summed E-state index contributed by atoms with van der Waals surface area (Å²) in [4.78, 5) is 22.8. The molecule has 17 heavy (non-hydrogen) atoms. The van der Waals surface area contributed by atoms with Gasteiger partial charge in [0.05, 0.1) is 6.04 Å². The van der Waals surface area contributed by atoms with Gasteiger partial charge < -0.3 is 5.32 Å². The quantitative estimate of drug-likeness (QED) is 0.562. The van der Waals surface area contributed by atoms with Crippen molar-refractivity contribution in [2.24, 2.45) is 0 Å². The number of unbranched alkanes of at least 4 members (excludes halogenated alkanes) is 3. The second-order valence-electron chi connectivity index (χ2n) is 4.25. The summed E-state index contributed by atoms with van der Waals surface area (Å²) in [6.45, 7) is 2.17. The summed E-state index contributed by atoms with van der Waals surface area (Å²) in [5.74, 6) is 0.786. The lowest BCUT2D eigenvalue weighted by molar-refractivity contribution is -0.123. The maximum atomic E-state index is 11.5. The number of thioether (sulfide) groups is 1. The molecule has 1 N–H and O–H groups in total. The molecule has 96 valence electrons. The van der Waals surface area contributed by atoms with E-state index in [1.54, 1.807) is 0 Å². The lowest BCUT2D eigenvalue weighted by Crippen LogP contribution is -2.36. The molecule has 1 saturated heterocycles. The Morgan fingerprint density at radius 2 is 2.29 bits per heavy atom. The first-order valence-corrected chi connectivity index (χ1v) is 7.33. The minimum Gasteiger partial charge on any atom is -0.345 e. The fraction of sp³-hybridized carbons (Fsp3) is 0.692. The first kappa shape index (κ1) is 14.3. The van der Waals surface area contributed by atoms with Gasteiger partial charge in [-0.15, -0.1) is 0 Å². The highest BCUT2D eigenvalue weighted by Crippen LogP contribution is 2.19. The van der Waals surface area contributed by atoms with Gasteiger partial charge in [0.1, 0.15) is 0 Å². The Morgan fingerprint density at radius 3 is 2.94 bits per heavy atom. The third kappa shape index (κ3) is 5.91. The highest BCUT2D eigenvalue weighted by atomic mass is 32.2. The second-order valence-corrected chi connectivity index (χ2v) is 5.35. The third-order valence-electron chi connectivity index (χ3n) is 2.71. The van der Waals surface area contributed by atoms with Gasteiger partial charge in [-0.05, 0) is 19.3 Å². The van der Waals surface area contributed by atoms with E-state index in [0.29, 0.717) is 6.42 Å². The molecule has 1 heterocycles. The standard InChI is InChI=1S/C13H21NO2S/c1-2-3-4-5-6-7-8-12(15)14-11-9-10-17-13(11)16/h6-7,11H,2-5,8-10H2,1H3,(H,14,15)/b7-6+/t11-/m0/s1. The molecule has 1 aliphatic rings. The third-order valence-corrected chi connectivity index (χ3v) is 3.72. The van der Waals surface area contributed by atoms with Gasteiger partial charge in [-0.25, -0.2) is 0 Å². The summed E-state index contributed by atoms with van der Waals surface area (Å²) >= 11 is 1.31. The van der Waals surface area contributed by atoms with Crippen molar-refractivity contribution >= 4 is 22.8 Å². The molecule has 0 aromatic rings. The van der Waals surface area contributed by atoms with Crippen LogP contribution in [0, 0.1) is 0 Å². The van der Waals surface area contributed by atoms with Crippen molar-refractivity contribution in [3.63, 3.8) is 0 Å². The highest BCUT2D eigenvalue weighted by Gasteiger charge is 2.26. The van der Waals surface area contributed by atoms with Gasteiger partial charge >= 0.3 is 0 Å². The average Bonchev–Trinajstić information content (AvgIpc) is 2.69. The van der Waals surface area contributed by atoms with Crippen LogP contribution in [-0.4, -0.2) is 22.8 Å². The number of amides is 1. The van der Waals surface area contributed by atoms with Crippen LogP contribution in [0.4, 0.5) is 0 Å². The minimum atomic E-state index is -0.249. The van der Waals surface area contributed by atoms with E-state index >= 15 is 0 Å². The first-order valence-electron chi connectivity index (χ1n) is 6.35. The Bertz CT molecular complexity index is 289. The fourth-order valence-electron chi connectivity index (χ4n) is 1.70. The molecule has 0 saturated carbocycles. The van der Waals surface area contributed by atoms with E-state index in [9.17, 15) is 9.59 Å². The Morgan fingerprint density at radius 1 is 1.47 bits per heavy atom. The van der Waals surface area contributed by atoms with Gasteiger partial charge in [-0.1, -0.05) is 43.7 Å². The topological polar surface area (TPSA) is 46.2 Å². The van der Waals surface area contributed by atoms with Gasteiger partial charge in [0.2, 0.25) is 11.0 Å². The number of rotatable bonds is 7. The molecule has 0 aromatic carbocycles. The summed E-state index contributed by atoms with van der Waals surface area (Å²) in [5.41, 5.74) is 0. The number of allylic oxidation sites excluding steroid dienone is 1. The Labute approximate surface area is 107 Å². The van der Waals surface area contributed by atoms with Crippen molar-refractivity contribution in [3.05, 3.63) is 12.2 Å². The van der Waals surface area contributed by atoms with Crippen LogP contribution in [0.2, 0.25) is 0 Å². The molecule has 4 heteroatoms. The zero-order valence-corrected chi connectivity index (χ0v) is 11.2. The van der Waals surface area contributed by atoms with E-state index in [1.165, 1.54) is 31.0 Å². The predicted molar refractivity (Wildman–Crippen MR) is 71.9 cm³/mol. The molecule has 3 nitrogen and oxygen atoms in total. The lowest BCUT2D eigenvalue weighted by atomic mass is 10.2. The SMILES string of the molecule is CCCCC/C=C/CC(=O)N[C@H]1CCSC1=O. The van der Waals surface area contributed by atoms with E-state index < -0.39 is 0 Å². The largest absolute Gasteiger partial charge is 0.345 e. The second kappa shape index (κ2) is 8.34. The summed E-state index contributed by atoms with van der Waals surface area (Å²) in [7, 11) is 0. The predicted octanol–water partition coefficient (Wildman–Crippen LogP) is 2.66. The molecule has 1 fully saturated rings. The summed E-state index contributed by atoms with van der Waals surface area (Å²) in [6, 6.07) is -0.249. The van der Waals surface area contributed by atoms with E-state index in [2.05, 4.69) is 18.3 Å². The number of carbonyl (C=O) groups is 2. The number of hydrogen-bond acceptors (Lipinski definition) is 3. The zero-order chi connectivity index (χ0) is 12.5. The monoisotopic (exact) mass is 255 g/mol. The molecule has 0 unspecified atom stereocenters. The van der Waals surface area contributed by atoms with Crippen molar-refractivity contribution in [2.75, 3.05) is 5.75 Å². The van der Waals surface area contributed by atoms with Crippen molar-refractivity contribution in [3.8, 4) is 0 Å². The molecular formula is C13H21NO2S. The molecule has 0 aliphatic carbocycles. The number of hydrogen-bond donors (Lipinski definition) is 1. The van der Waals surface area contributed by atoms with Gasteiger partial charge in [-0.2, -0.15) is 0 Å². The van der Waals surface area contributed by atoms with Crippen molar-refractivity contribution in [1.29, 1.82) is 0 Å². The van der Waals surface area contributed by atoms with Crippen LogP contribution in [0.25, 0.3) is 0 Å². The highest BCUT2D eigenvalue weighted by molar-refractivity contribution is 8.14. The van der Waals surface area contributed by atoms with Gasteiger partial charge in [-0.3, -0.25) is 9.59 Å². The molecule has 0 aromatic heterocycles. The normalized spacial score (nSPS) is 20.1. The number of nitrogens with one attached hydrogen (secondary N) is 1. The van der Waals surface area contributed by atoms with Crippen LogP contribution >= 0.6 is 11.8 Å². The summed E-state index contributed by atoms with van der Waals surface area (Å²) in [6.07, 6.45) is 9.81. The van der Waals surface area contributed by atoms with Crippen molar-refractivity contribution in [2.45, 2.75) is 51.5 Å². The van der Waals surface area contributed by atoms with Gasteiger partial charge in [0.25, 0.3) is 0 Å². The maximum Gasteiger partial charge on any atom is 0.224 e. The van der Waals surface area contributed by atoms with Crippen LogP contribution < -0.4 is 5.32 Å². The maximum absolute atomic E-state index is 11.5. The lowest BCUT2D eigenvalue weighted by Gasteiger charge is -2.08. The average molecular weight is 255 g/mol. The molecule has 0 radical (unpaired) electrons. The fourth-order valence-corrected chi connectivity index (χ4v) is 2.63. The summed E-state index contributed by atoms with van der Waals surface area (Å²) in [5, 5.41) is 2.87. The zero-order valence-electron chi connectivity index (χ0n) is 10.4. The Kier molecular flexibility index (Phi) is 7.01. The molecular weight excluding hydrogens is 234 g/mol. The van der Waals surface area contributed by atoms with E-state index in [-0.39, 0.29) is 17.1 Å². The Hall–Kier alpha value is -0.770. The first-order chi connectivity index (χ1) is 8.24. The molecule has 1 amide bonds. The van der Waals surface area contributed by atoms with E-state index in [1.807, 2.05) is 6.08 Å². The van der Waals surface area contributed by atoms with E-state index in [4.69, 9.17) is 0 Å². The van der Waals surface area contributed by atoms with Crippen molar-refractivity contribution < 1.29 is 9.59 Å². The van der Waals surface area contributed by atoms with Crippen LogP contribution in [0.5, 0.6) is 0 Å². The molecule has 0 spiro atoms. The molecule has 0 bridgehead atoms. The van der Waals surface area contributed by atoms with E-state index in [0.717, 1.165) is 18.6 Å². The molecule has 1 atom stereocenters. The van der Waals surface area contributed by atoms with Gasteiger partial charge in [0, 0.05) is 12.2 Å². The van der Waals surface area contributed by atoms with Crippen LogP contribution in [-0.2, 0) is 9.59 Å². The molecule has 1 aliphatic heterocycles.